The predicted molar refractivity (Wildman–Crippen MR) is 102 cm³/mol. The van der Waals surface area contributed by atoms with E-state index in [4.69, 9.17) is 14.2 Å². The van der Waals surface area contributed by atoms with Gasteiger partial charge in [0.1, 0.15) is 19.0 Å². The number of ether oxygens (including phenoxy) is 3. The number of hydrogen-bond donors (Lipinski definition) is 1. The van der Waals surface area contributed by atoms with Crippen LogP contribution in [0.2, 0.25) is 0 Å². The SMILES string of the molecule is COCCN(C)c1ccc(CNC(C)c2ccc3c(c2)OCCO3)cn1. The van der Waals surface area contributed by atoms with E-state index in [0.29, 0.717) is 19.8 Å². The number of nitrogens with zero attached hydrogens (tertiary/aromatic N) is 2. The van der Waals surface area contributed by atoms with Crippen molar-refractivity contribution in [1.29, 1.82) is 0 Å². The Kier molecular flexibility index (Phi) is 6.30. The summed E-state index contributed by atoms with van der Waals surface area (Å²) in [6.07, 6.45) is 1.92. The zero-order valence-corrected chi connectivity index (χ0v) is 15.7. The highest BCUT2D eigenvalue weighted by Gasteiger charge is 2.14. The lowest BCUT2D eigenvalue weighted by Gasteiger charge is -2.21. The summed E-state index contributed by atoms with van der Waals surface area (Å²) in [6.45, 7) is 5.63. The zero-order chi connectivity index (χ0) is 18.4. The van der Waals surface area contributed by atoms with Gasteiger partial charge in [-0.2, -0.15) is 0 Å². The van der Waals surface area contributed by atoms with Crippen molar-refractivity contribution in [2.75, 3.05) is 45.4 Å². The highest BCUT2D eigenvalue weighted by Crippen LogP contribution is 2.32. The minimum absolute atomic E-state index is 0.204. The van der Waals surface area contributed by atoms with Gasteiger partial charge in [-0.05, 0) is 36.2 Å². The maximum Gasteiger partial charge on any atom is 0.161 e. The monoisotopic (exact) mass is 357 g/mol. The summed E-state index contributed by atoms with van der Waals surface area (Å²) in [5, 5.41) is 3.54. The molecule has 1 unspecified atom stereocenters. The topological polar surface area (TPSA) is 55.9 Å². The van der Waals surface area contributed by atoms with Crippen molar-refractivity contribution in [3.8, 4) is 11.5 Å². The first kappa shape index (κ1) is 18.5. The molecule has 1 aromatic carbocycles. The van der Waals surface area contributed by atoms with Gasteiger partial charge in [0.15, 0.2) is 11.5 Å². The molecule has 1 aromatic heterocycles. The van der Waals surface area contributed by atoms with Crippen LogP contribution in [0, 0.1) is 0 Å². The van der Waals surface area contributed by atoms with Crippen LogP contribution < -0.4 is 19.7 Å². The summed E-state index contributed by atoms with van der Waals surface area (Å²) < 4.78 is 16.3. The summed E-state index contributed by atoms with van der Waals surface area (Å²) in [6, 6.07) is 10.5. The van der Waals surface area contributed by atoms with E-state index in [-0.39, 0.29) is 6.04 Å². The predicted octanol–water partition coefficient (Wildman–Crippen LogP) is 2.79. The summed E-state index contributed by atoms with van der Waals surface area (Å²) in [4.78, 5) is 6.62. The van der Waals surface area contributed by atoms with Crippen LogP contribution in [0.3, 0.4) is 0 Å². The molecule has 0 aliphatic carbocycles. The lowest BCUT2D eigenvalue weighted by Crippen LogP contribution is -2.23. The Hall–Kier alpha value is -2.31. The van der Waals surface area contributed by atoms with Crippen molar-refractivity contribution in [2.24, 2.45) is 0 Å². The van der Waals surface area contributed by atoms with Crippen LogP contribution in [-0.2, 0) is 11.3 Å². The van der Waals surface area contributed by atoms with Crippen LogP contribution in [0.25, 0.3) is 0 Å². The number of fused-ring (bicyclic) bond motifs is 1. The Labute approximate surface area is 155 Å². The van der Waals surface area contributed by atoms with Gasteiger partial charge in [-0.25, -0.2) is 4.98 Å². The van der Waals surface area contributed by atoms with Gasteiger partial charge < -0.3 is 24.4 Å². The molecule has 0 fully saturated rings. The van der Waals surface area contributed by atoms with E-state index in [1.807, 2.05) is 25.4 Å². The van der Waals surface area contributed by atoms with Gasteiger partial charge >= 0.3 is 0 Å². The number of benzene rings is 1. The van der Waals surface area contributed by atoms with Crippen LogP contribution in [0.1, 0.15) is 24.1 Å². The van der Waals surface area contributed by atoms with Crippen LogP contribution >= 0.6 is 0 Å². The molecule has 0 radical (unpaired) electrons. The van der Waals surface area contributed by atoms with Crippen LogP contribution in [0.4, 0.5) is 5.82 Å². The third-order valence-corrected chi connectivity index (χ3v) is 4.51. The van der Waals surface area contributed by atoms with Crippen molar-refractivity contribution in [1.82, 2.24) is 10.3 Å². The molecule has 1 aliphatic heterocycles. The fraction of sp³-hybridized carbons (Fsp3) is 0.450. The number of methoxy groups -OCH3 is 1. The molecular weight excluding hydrogens is 330 g/mol. The smallest absolute Gasteiger partial charge is 0.161 e. The Bertz CT molecular complexity index is 706. The van der Waals surface area contributed by atoms with Gasteiger partial charge in [-0.1, -0.05) is 12.1 Å². The third kappa shape index (κ3) is 4.65. The number of pyridine rings is 1. The zero-order valence-electron chi connectivity index (χ0n) is 15.7. The lowest BCUT2D eigenvalue weighted by molar-refractivity contribution is 0.171. The van der Waals surface area contributed by atoms with Crippen molar-refractivity contribution in [3.63, 3.8) is 0 Å². The quantitative estimate of drug-likeness (QED) is 0.784. The number of hydrogen-bond acceptors (Lipinski definition) is 6. The lowest BCUT2D eigenvalue weighted by atomic mass is 10.1. The van der Waals surface area contributed by atoms with E-state index in [1.165, 1.54) is 5.56 Å². The molecule has 6 nitrogen and oxygen atoms in total. The van der Waals surface area contributed by atoms with Gasteiger partial charge in [0.2, 0.25) is 0 Å². The Balaban J connectivity index is 1.55. The van der Waals surface area contributed by atoms with E-state index in [9.17, 15) is 0 Å². The largest absolute Gasteiger partial charge is 0.486 e. The summed E-state index contributed by atoms with van der Waals surface area (Å²) in [5.41, 5.74) is 2.33. The minimum atomic E-state index is 0.204. The Morgan fingerprint density at radius 3 is 2.73 bits per heavy atom. The molecule has 26 heavy (non-hydrogen) atoms. The van der Waals surface area contributed by atoms with Crippen LogP contribution in [-0.4, -0.2) is 45.5 Å². The molecule has 0 amide bonds. The van der Waals surface area contributed by atoms with Crippen molar-refractivity contribution in [2.45, 2.75) is 19.5 Å². The molecule has 1 N–H and O–H groups in total. The summed E-state index contributed by atoms with van der Waals surface area (Å²) >= 11 is 0. The molecule has 0 saturated carbocycles. The fourth-order valence-electron chi connectivity index (χ4n) is 2.81. The number of anilines is 1. The third-order valence-electron chi connectivity index (χ3n) is 4.51. The highest BCUT2D eigenvalue weighted by atomic mass is 16.6. The van der Waals surface area contributed by atoms with Gasteiger partial charge in [-0.3, -0.25) is 0 Å². The van der Waals surface area contributed by atoms with Crippen LogP contribution in [0.15, 0.2) is 36.5 Å². The first-order chi connectivity index (χ1) is 12.7. The highest BCUT2D eigenvalue weighted by molar-refractivity contribution is 5.44. The van der Waals surface area contributed by atoms with Crippen molar-refractivity contribution >= 4 is 5.82 Å². The van der Waals surface area contributed by atoms with E-state index in [0.717, 1.165) is 36.0 Å². The standard InChI is InChI=1S/C20H27N3O3/c1-15(17-5-6-18-19(12-17)26-11-10-25-18)21-13-16-4-7-20(22-14-16)23(2)8-9-24-3/h4-7,12,14-15,21H,8-11,13H2,1-3H3. The molecule has 0 bridgehead atoms. The first-order valence-electron chi connectivity index (χ1n) is 8.95. The molecular formula is C20H27N3O3. The normalized spacial score (nSPS) is 14.1. The molecule has 1 aliphatic rings. The maximum absolute atomic E-state index is 5.66. The number of rotatable bonds is 8. The first-order valence-corrected chi connectivity index (χ1v) is 8.95. The van der Waals surface area contributed by atoms with E-state index < -0.39 is 0 Å². The summed E-state index contributed by atoms with van der Waals surface area (Å²) in [5.74, 6) is 2.60. The molecule has 2 heterocycles. The molecule has 0 spiro atoms. The van der Waals surface area contributed by atoms with Gasteiger partial charge in [0, 0.05) is 39.5 Å². The molecule has 140 valence electrons. The van der Waals surface area contributed by atoms with Crippen LogP contribution in [0.5, 0.6) is 11.5 Å². The van der Waals surface area contributed by atoms with Gasteiger partial charge in [-0.15, -0.1) is 0 Å². The number of aromatic nitrogens is 1. The molecule has 3 rings (SSSR count). The second-order valence-corrected chi connectivity index (χ2v) is 6.44. The maximum atomic E-state index is 5.66. The van der Waals surface area contributed by atoms with E-state index in [2.05, 4.69) is 40.3 Å². The number of likely N-dealkylation sites (N-methyl/N-ethyl adjacent to an activating group) is 1. The minimum Gasteiger partial charge on any atom is -0.486 e. The molecule has 1 atom stereocenters. The second kappa shape index (κ2) is 8.87. The second-order valence-electron chi connectivity index (χ2n) is 6.44. The average Bonchev–Trinajstić information content (AvgIpc) is 2.70. The Morgan fingerprint density at radius 2 is 2.00 bits per heavy atom. The van der Waals surface area contributed by atoms with Crippen molar-refractivity contribution < 1.29 is 14.2 Å². The fourth-order valence-corrected chi connectivity index (χ4v) is 2.81. The summed E-state index contributed by atoms with van der Waals surface area (Å²) in [7, 11) is 3.72. The average molecular weight is 357 g/mol. The molecule has 6 heteroatoms. The molecule has 0 saturated heterocycles. The number of nitrogens with one attached hydrogen (secondary N) is 1. The molecule has 2 aromatic rings. The van der Waals surface area contributed by atoms with E-state index in [1.54, 1.807) is 7.11 Å². The Morgan fingerprint density at radius 1 is 1.19 bits per heavy atom. The van der Waals surface area contributed by atoms with Gasteiger partial charge in [0.25, 0.3) is 0 Å². The van der Waals surface area contributed by atoms with E-state index >= 15 is 0 Å². The van der Waals surface area contributed by atoms with Gasteiger partial charge in [0.05, 0.1) is 6.61 Å². The van der Waals surface area contributed by atoms with Crippen molar-refractivity contribution in [3.05, 3.63) is 47.7 Å².